The first-order valence-corrected chi connectivity index (χ1v) is 9.81. The molecular weight excluding hydrogens is 393 g/mol. The van der Waals surface area contributed by atoms with Gasteiger partial charge in [0.05, 0.1) is 17.1 Å². The van der Waals surface area contributed by atoms with E-state index in [4.69, 9.17) is 23.2 Å². The molecule has 0 aliphatic rings. The molecule has 1 aromatic heterocycles. The predicted octanol–water partition coefficient (Wildman–Crippen LogP) is 4.27. The van der Waals surface area contributed by atoms with Crippen LogP contribution in [0.5, 0.6) is 0 Å². The van der Waals surface area contributed by atoms with E-state index in [9.17, 15) is 9.59 Å². The van der Waals surface area contributed by atoms with Crippen LogP contribution in [0.3, 0.4) is 0 Å². The van der Waals surface area contributed by atoms with Gasteiger partial charge in [0.15, 0.2) is 0 Å². The topological polar surface area (TPSA) is 70.2 Å². The van der Waals surface area contributed by atoms with Crippen LogP contribution in [0.15, 0.2) is 35.7 Å². The minimum atomic E-state index is -0.638. The fourth-order valence-electron chi connectivity index (χ4n) is 2.33. The van der Waals surface area contributed by atoms with Crippen molar-refractivity contribution in [2.24, 2.45) is 5.92 Å². The summed E-state index contributed by atoms with van der Waals surface area (Å²) in [6.07, 6.45) is 0.786. The molecule has 0 saturated heterocycles. The number of halogens is 2. The highest BCUT2D eigenvalue weighted by atomic mass is 35.5. The van der Waals surface area contributed by atoms with Gasteiger partial charge in [-0.25, -0.2) is 0 Å². The monoisotopic (exact) mass is 413 g/mol. The Hall–Kier alpha value is -1.76. The summed E-state index contributed by atoms with van der Waals surface area (Å²) in [6, 6.07) is 8.05. The van der Waals surface area contributed by atoms with Crippen LogP contribution in [0.2, 0.25) is 10.0 Å². The van der Waals surface area contributed by atoms with Crippen LogP contribution >= 0.6 is 34.5 Å². The van der Waals surface area contributed by atoms with Gasteiger partial charge >= 0.3 is 0 Å². The van der Waals surface area contributed by atoms with E-state index < -0.39 is 6.04 Å². The highest BCUT2D eigenvalue weighted by molar-refractivity contribution is 7.10. The SMILES string of the molecule is CC(C)CC(NC(=O)Cc1cccs1)C(=O)NNc1ccc(Cl)cc1Cl. The van der Waals surface area contributed by atoms with E-state index in [0.717, 1.165) is 4.88 Å². The zero-order valence-corrected chi connectivity index (χ0v) is 16.8. The standard InChI is InChI=1S/C18H21Cl2N3O2S/c1-11(2)8-16(21-17(24)10-13-4-3-7-26-13)18(25)23-22-15-6-5-12(19)9-14(15)20/h3-7,9,11,16,22H,8,10H2,1-2H3,(H,21,24)(H,23,25). The lowest BCUT2D eigenvalue weighted by molar-refractivity contribution is -0.128. The van der Waals surface area contributed by atoms with E-state index in [2.05, 4.69) is 16.2 Å². The summed E-state index contributed by atoms with van der Waals surface area (Å²) in [5.74, 6) is -0.270. The van der Waals surface area contributed by atoms with Gasteiger partial charge in [-0.2, -0.15) is 0 Å². The molecule has 2 amide bonds. The molecule has 0 aliphatic heterocycles. The first-order chi connectivity index (χ1) is 12.3. The Bertz CT molecular complexity index is 751. The van der Waals surface area contributed by atoms with Crippen molar-refractivity contribution in [3.63, 3.8) is 0 Å². The summed E-state index contributed by atoms with van der Waals surface area (Å²) in [4.78, 5) is 25.7. The lowest BCUT2D eigenvalue weighted by Gasteiger charge is -2.21. The summed E-state index contributed by atoms with van der Waals surface area (Å²) < 4.78 is 0. The van der Waals surface area contributed by atoms with E-state index in [1.807, 2.05) is 31.4 Å². The smallest absolute Gasteiger partial charge is 0.260 e. The molecule has 8 heteroatoms. The second kappa shape index (κ2) is 9.80. The quantitative estimate of drug-likeness (QED) is 0.565. The maximum atomic E-state index is 12.5. The second-order valence-corrected chi connectivity index (χ2v) is 8.12. The molecule has 3 N–H and O–H groups in total. The Balaban J connectivity index is 1.95. The average molecular weight is 414 g/mol. The molecule has 0 bridgehead atoms. The molecule has 0 aliphatic carbocycles. The Morgan fingerprint density at radius 3 is 2.58 bits per heavy atom. The molecule has 1 aromatic carbocycles. The minimum Gasteiger partial charge on any atom is -0.344 e. The number of thiophene rings is 1. The molecule has 1 atom stereocenters. The fourth-order valence-corrected chi connectivity index (χ4v) is 3.49. The number of rotatable bonds is 8. The summed E-state index contributed by atoms with van der Waals surface area (Å²) in [5.41, 5.74) is 5.90. The van der Waals surface area contributed by atoms with Crippen LogP contribution in [0.4, 0.5) is 5.69 Å². The van der Waals surface area contributed by atoms with Gasteiger partial charge in [0.1, 0.15) is 6.04 Å². The fraction of sp³-hybridized carbons (Fsp3) is 0.333. The van der Waals surface area contributed by atoms with E-state index in [1.54, 1.807) is 18.2 Å². The number of anilines is 1. The molecule has 5 nitrogen and oxygen atoms in total. The molecule has 1 heterocycles. The van der Waals surface area contributed by atoms with Crippen molar-refractivity contribution >= 4 is 52.0 Å². The lowest BCUT2D eigenvalue weighted by Crippen LogP contribution is -2.49. The van der Waals surface area contributed by atoms with Gasteiger partial charge in [-0.1, -0.05) is 43.1 Å². The van der Waals surface area contributed by atoms with Crippen LogP contribution in [0, 0.1) is 5.92 Å². The largest absolute Gasteiger partial charge is 0.344 e. The molecule has 1 unspecified atom stereocenters. The second-order valence-electron chi connectivity index (χ2n) is 6.24. The van der Waals surface area contributed by atoms with Gasteiger partial charge in [0.25, 0.3) is 5.91 Å². The number of hydrazine groups is 1. The molecule has 0 saturated carbocycles. The lowest BCUT2D eigenvalue weighted by atomic mass is 10.0. The number of amides is 2. The zero-order valence-electron chi connectivity index (χ0n) is 14.5. The number of benzene rings is 1. The van der Waals surface area contributed by atoms with Crippen molar-refractivity contribution < 1.29 is 9.59 Å². The maximum Gasteiger partial charge on any atom is 0.260 e. The molecule has 0 radical (unpaired) electrons. The van der Waals surface area contributed by atoms with Gasteiger partial charge in [-0.05, 0) is 42.0 Å². The average Bonchev–Trinajstić information content (AvgIpc) is 3.05. The highest BCUT2D eigenvalue weighted by Gasteiger charge is 2.22. The number of hydrogen-bond acceptors (Lipinski definition) is 4. The molecular formula is C18H21Cl2N3O2S. The molecule has 2 aromatic rings. The van der Waals surface area contributed by atoms with Crippen molar-refractivity contribution in [3.05, 3.63) is 50.6 Å². The molecule has 0 fully saturated rings. The van der Waals surface area contributed by atoms with Crippen LogP contribution in [0.25, 0.3) is 0 Å². The summed E-state index contributed by atoms with van der Waals surface area (Å²) >= 11 is 13.4. The van der Waals surface area contributed by atoms with Gasteiger partial charge in [0, 0.05) is 9.90 Å². The van der Waals surface area contributed by atoms with Crippen LogP contribution in [-0.4, -0.2) is 17.9 Å². The summed E-state index contributed by atoms with van der Waals surface area (Å²) in [7, 11) is 0. The Morgan fingerprint density at radius 1 is 1.19 bits per heavy atom. The molecule has 26 heavy (non-hydrogen) atoms. The number of carbonyl (C=O) groups excluding carboxylic acids is 2. The van der Waals surface area contributed by atoms with E-state index in [-0.39, 0.29) is 24.2 Å². The van der Waals surface area contributed by atoms with Gasteiger partial charge in [-0.15, -0.1) is 11.3 Å². The predicted molar refractivity (Wildman–Crippen MR) is 108 cm³/mol. The van der Waals surface area contributed by atoms with Crippen molar-refractivity contribution in [2.45, 2.75) is 32.7 Å². The molecule has 140 valence electrons. The maximum absolute atomic E-state index is 12.5. The zero-order chi connectivity index (χ0) is 19.1. The first kappa shape index (κ1) is 20.6. The van der Waals surface area contributed by atoms with Gasteiger partial charge in [0.2, 0.25) is 5.91 Å². The van der Waals surface area contributed by atoms with Gasteiger partial charge < -0.3 is 5.32 Å². The minimum absolute atomic E-state index is 0.183. The third kappa shape index (κ3) is 6.52. The Morgan fingerprint density at radius 2 is 1.96 bits per heavy atom. The highest BCUT2D eigenvalue weighted by Crippen LogP contribution is 2.24. The van der Waals surface area contributed by atoms with Crippen molar-refractivity contribution in [3.8, 4) is 0 Å². The van der Waals surface area contributed by atoms with Gasteiger partial charge in [-0.3, -0.25) is 20.4 Å². The molecule has 2 rings (SSSR count). The van der Waals surface area contributed by atoms with E-state index in [0.29, 0.717) is 22.2 Å². The Kier molecular flexibility index (Phi) is 7.75. The third-order valence-corrected chi connectivity index (χ3v) is 4.95. The third-order valence-electron chi connectivity index (χ3n) is 3.53. The van der Waals surface area contributed by atoms with Crippen molar-refractivity contribution in [1.29, 1.82) is 0 Å². The number of hydrogen-bond donors (Lipinski definition) is 3. The van der Waals surface area contributed by atoms with Crippen molar-refractivity contribution in [1.82, 2.24) is 10.7 Å². The van der Waals surface area contributed by atoms with E-state index >= 15 is 0 Å². The number of carbonyl (C=O) groups is 2. The summed E-state index contributed by atoms with van der Waals surface area (Å²) in [6.45, 7) is 3.99. The summed E-state index contributed by atoms with van der Waals surface area (Å²) in [5, 5.41) is 5.62. The molecule has 0 spiro atoms. The Labute approximate surface area is 167 Å². The van der Waals surface area contributed by atoms with Crippen LogP contribution < -0.4 is 16.2 Å². The first-order valence-electron chi connectivity index (χ1n) is 8.18. The van der Waals surface area contributed by atoms with E-state index in [1.165, 1.54) is 11.3 Å². The van der Waals surface area contributed by atoms with Crippen LogP contribution in [-0.2, 0) is 16.0 Å². The van der Waals surface area contributed by atoms with Crippen LogP contribution in [0.1, 0.15) is 25.1 Å². The van der Waals surface area contributed by atoms with Crippen molar-refractivity contribution in [2.75, 3.05) is 5.43 Å². The number of nitrogens with one attached hydrogen (secondary N) is 3. The normalized spacial score (nSPS) is 11.9.